The number of rotatable bonds is 8. The van der Waals surface area contributed by atoms with Crippen LogP contribution in [0.3, 0.4) is 0 Å². The van der Waals surface area contributed by atoms with Gasteiger partial charge in [0, 0.05) is 12.8 Å². The Balaban J connectivity index is 2.17. The highest BCUT2D eigenvalue weighted by Gasteiger charge is 2.22. The average Bonchev–Trinajstić information content (AvgIpc) is 2.60. The summed E-state index contributed by atoms with van der Waals surface area (Å²) < 4.78 is 56.3. The zero-order chi connectivity index (χ0) is 19.4. The summed E-state index contributed by atoms with van der Waals surface area (Å²) >= 11 is 0. The molecule has 0 aliphatic heterocycles. The van der Waals surface area contributed by atoms with Gasteiger partial charge in [-0.25, -0.2) is 21.6 Å². The summed E-state index contributed by atoms with van der Waals surface area (Å²) in [5, 5.41) is 0. The Hall–Kier alpha value is -1.90. The van der Waals surface area contributed by atoms with Crippen LogP contribution in [0.25, 0.3) is 0 Å². The Labute approximate surface area is 155 Å². The molecule has 0 saturated heterocycles. The zero-order valence-electron chi connectivity index (χ0n) is 15.0. The molecule has 0 fully saturated rings. The predicted octanol–water partition coefficient (Wildman–Crippen LogP) is 2.57. The number of hydrogen-bond donors (Lipinski definition) is 1. The molecule has 1 N–H and O–H groups in total. The van der Waals surface area contributed by atoms with E-state index in [1.165, 1.54) is 19.2 Å². The van der Waals surface area contributed by atoms with E-state index in [1.54, 1.807) is 0 Å². The molecule has 0 spiro atoms. The van der Waals surface area contributed by atoms with Gasteiger partial charge in [0.05, 0.1) is 12.0 Å². The van der Waals surface area contributed by atoms with E-state index in [0.717, 1.165) is 17.9 Å². The van der Waals surface area contributed by atoms with Crippen LogP contribution in [0.2, 0.25) is 0 Å². The summed E-state index contributed by atoms with van der Waals surface area (Å²) in [5.74, 6) is 0.282. The van der Waals surface area contributed by atoms with Crippen molar-refractivity contribution in [2.24, 2.45) is 0 Å². The highest BCUT2D eigenvalue weighted by molar-refractivity contribution is 7.91. The maximum Gasteiger partial charge on any atom is 0.244 e. The summed E-state index contributed by atoms with van der Waals surface area (Å²) in [6.07, 6.45) is 1.64. The number of methoxy groups -OCH3 is 1. The molecule has 2 aromatic rings. The van der Waals surface area contributed by atoms with Crippen LogP contribution in [0, 0.1) is 0 Å². The third-order valence-corrected chi connectivity index (χ3v) is 6.68. The van der Waals surface area contributed by atoms with Crippen molar-refractivity contribution in [3.8, 4) is 5.75 Å². The van der Waals surface area contributed by atoms with Gasteiger partial charge in [-0.2, -0.15) is 0 Å². The van der Waals surface area contributed by atoms with E-state index in [-0.39, 0.29) is 28.0 Å². The van der Waals surface area contributed by atoms with Gasteiger partial charge >= 0.3 is 0 Å². The van der Waals surface area contributed by atoms with Crippen molar-refractivity contribution in [1.82, 2.24) is 4.72 Å². The van der Waals surface area contributed by atoms with E-state index >= 15 is 0 Å². The van der Waals surface area contributed by atoms with Crippen LogP contribution in [0.5, 0.6) is 5.75 Å². The molecule has 6 nitrogen and oxygen atoms in total. The molecule has 0 aromatic heterocycles. The lowest BCUT2D eigenvalue weighted by atomic mass is 9.98. The van der Waals surface area contributed by atoms with Crippen molar-refractivity contribution in [3.63, 3.8) is 0 Å². The molecule has 1 atom stereocenters. The van der Waals surface area contributed by atoms with Crippen molar-refractivity contribution in [3.05, 3.63) is 54.1 Å². The maximum atomic E-state index is 12.6. The first-order chi connectivity index (χ1) is 12.1. The minimum absolute atomic E-state index is 0.0728. The van der Waals surface area contributed by atoms with Gasteiger partial charge in [0.15, 0.2) is 9.84 Å². The third-order valence-electron chi connectivity index (χ3n) is 4.09. The SMILES string of the molecule is COc1ccc(S(C)(=O)=O)cc1S(=O)(=O)NCCC(C)c1ccccc1. The van der Waals surface area contributed by atoms with Crippen LogP contribution in [0.15, 0.2) is 58.3 Å². The monoisotopic (exact) mass is 397 g/mol. The molecule has 0 saturated carbocycles. The fourth-order valence-electron chi connectivity index (χ4n) is 2.53. The fraction of sp³-hybridized carbons (Fsp3) is 0.333. The Bertz CT molecular complexity index is 954. The Kier molecular flexibility index (Phi) is 6.44. The van der Waals surface area contributed by atoms with E-state index in [1.807, 2.05) is 37.3 Å². The van der Waals surface area contributed by atoms with Crippen molar-refractivity contribution >= 4 is 19.9 Å². The lowest BCUT2D eigenvalue weighted by Gasteiger charge is -2.14. The number of sulfone groups is 1. The van der Waals surface area contributed by atoms with Gasteiger partial charge in [0.2, 0.25) is 10.0 Å². The average molecular weight is 398 g/mol. The minimum Gasteiger partial charge on any atom is -0.495 e. The molecule has 26 heavy (non-hydrogen) atoms. The van der Waals surface area contributed by atoms with Crippen LogP contribution >= 0.6 is 0 Å². The second-order valence-electron chi connectivity index (χ2n) is 6.08. The van der Waals surface area contributed by atoms with Gasteiger partial charge in [-0.3, -0.25) is 0 Å². The topological polar surface area (TPSA) is 89.5 Å². The molecule has 0 bridgehead atoms. The summed E-state index contributed by atoms with van der Waals surface area (Å²) in [6.45, 7) is 2.25. The van der Waals surface area contributed by atoms with Crippen molar-refractivity contribution in [2.75, 3.05) is 19.9 Å². The number of benzene rings is 2. The first kappa shape index (κ1) is 20.4. The van der Waals surface area contributed by atoms with E-state index in [4.69, 9.17) is 4.74 Å². The standard InChI is InChI=1S/C18H23NO5S2/c1-14(15-7-5-4-6-8-15)11-12-19-26(22,23)18-13-16(25(3,20)21)9-10-17(18)24-2/h4-10,13-14,19H,11-12H2,1-3H3. The normalized spacial score (nSPS) is 13.3. The van der Waals surface area contributed by atoms with E-state index in [2.05, 4.69) is 4.72 Å². The molecule has 0 aliphatic carbocycles. The molecular weight excluding hydrogens is 374 g/mol. The molecule has 2 aromatic carbocycles. The van der Waals surface area contributed by atoms with Crippen LogP contribution in [0.1, 0.15) is 24.8 Å². The van der Waals surface area contributed by atoms with Gasteiger partial charge in [0.1, 0.15) is 10.6 Å². The number of nitrogens with one attached hydrogen (secondary N) is 1. The quantitative estimate of drug-likeness (QED) is 0.739. The number of sulfonamides is 1. The molecule has 2 rings (SSSR count). The summed E-state index contributed by atoms with van der Waals surface area (Å²) in [7, 11) is -6.09. The molecule has 1 unspecified atom stereocenters. The summed E-state index contributed by atoms with van der Waals surface area (Å²) in [5.41, 5.74) is 1.13. The molecule has 8 heteroatoms. The van der Waals surface area contributed by atoms with Crippen LogP contribution < -0.4 is 9.46 Å². The second-order valence-corrected chi connectivity index (χ2v) is 9.83. The van der Waals surface area contributed by atoms with E-state index < -0.39 is 19.9 Å². The maximum absolute atomic E-state index is 12.6. The molecular formula is C18H23NO5S2. The highest BCUT2D eigenvalue weighted by atomic mass is 32.2. The molecule has 0 aliphatic rings. The smallest absolute Gasteiger partial charge is 0.244 e. The minimum atomic E-state index is -3.90. The number of ether oxygens (including phenoxy) is 1. The zero-order valence-corrected chi connectivity index (χ0v) is 16.6. The first-order valence-electron chi connectivity index (χ1n) is 8.08. The van der Waals surface area contributed by atoms with Gasteiger partial charge in [-0.05, 0) is 36.1 Å². The largest absolute Gasteiger partial charge is 0.495 e. The lowest BCUT2D eigenvalue weighted by molar-refractivity contribution is 0.401. The Morgan fingerprint density at radius 2 is 1.69 bits per heavy atom. The van der Waals surface area contributed by atoms with E-state index in [9.17, 15) is 16.8 Å². The Morgan fingerprint density at radius 1 is 1.04 bits per heavy atom. The van der Waals surface area contributed by atoms with Gasteiger partial charge in [0.25, 0.3) is 0 Å². The van der Waals surface area contributed by atoms with Gasteiger partial charge < -0.3 is 4.74 Å². The first-order valence-corrected chi connectivity index (χ1v) is 11.5. The highest BCUT2D eigenvalue weighted by Crippen LogP contribution is 2.27. The van der Waals surface area contributed by atoms with Crippen LogP contribution in [0.4, 0.5) is 0 Å². The molecule has 0 radical (unpaired) electrons. The van der Waals surface area contributed by atoms with Crippen molar-refractivity contribution in [1.29, 1.82) is 0 Å². The van der Waals surface area contributed by atoms with Gasteiger partial charge in [-0.15, -0.1) is 0 Å². The van der Waals surface area contributed by atoms with Crippen LogP contribution in [-0.4, -0.2) is 36.7 Å². The van der Waals surface area contributed by atoms with Crippen molar-refractivity contribution < 1.29 is 21.6 Å². The summed E-state index contributed by atoms with van der Waals surface area (Å²) in [6, 6.07) is 13.6. The second kappa shape index (κ2) is 8.20. The lowest BCUT2D eigenvalue weighted by Crippen LogP contribution is -2.26. The van der Waals surface area contributed by atoms with E-state index in [0.29, 0.717) is 6.42 Å². The molecule has 142 valence electrons. The fourth-order valence-corrected chi connectivity index (χ4v) is 4.50. The Morgan fingerprint density at radius 3 is 2.27 bits per heavy atom. The molecule has 0 amide bonds. The predicted molar refractivity (Wildman–Crippen MR) is 101 cm³/mol. The number of hydrogen-bond acceptors (Lipinski definition) is 5. The molecule has 0 heterocycles. The third kappa shape index (κ3) is 5.06. The van der Waals surface area contributed by atoms with Crippen LogP contribution in [-0.2, 0) is 19.9 Å². The van der Waals surface area contributed by atoms with Gasteiger partial charge in [-0.1, -0.05) is 37.3 Å². The summed E-state index contributed by atoms with van der Waals surface area (Å²) in [4.78, 5) is -0.258. The van der Waals surface area contributed by atoms with Crippen molar-refractivity contribution in [2.45, 2.75) is 29.1 Å².